The minimum atomic E-state index is 0.997. The van der Waals surface area contributed by atoms with Crippen LogP contribution in [0.2, 0.25) is 0 Å². The van der Waals surface area contributed by atoms with E-state index in [1.807, 2.05) is 23.5 Å². The van der Waals surface area contributed by atoms with E-state index < -0.39 is 0 Å². The Morgan fingerprint density at radius 1 is 1.18 bits per heavy atom. The van der Waals surface area contributed by atoms with Crippen molar-refractivity contribution in [3.63, 3.8) is 0 Å². The SMILES string of the molecule is c1cc(-c2n[nH]c3c2Cc2sccc2-3)ccn1. The van der Waals surface area contributed by atoms with Crippen LogP contribution >= 0.6 is 11.3 Å². The number of nitrogens with zero attached hydrogens (tertiary/aromatic N) is 2. The number of thiophene rings is 1. The molecule has 0 atom stereocenters. The van der Waals surface area contributed by atoms with E-state index >= 15 is 0 Å². The van der Waals surface area contributed by atoms with Gasteiger partial charge in [-0.1, -0.05) is 0 Å². The lowest BCUT2D eigenvalue weighted by molar-refractivity contribution is 1.10. The molecule has 0 saturated heterocycles. The van der Waals surface area contributed by atoms with E-state index in [2.05, 4.69) is 26.6 Å². The highest BCUT2D eigenvalue weighted by molar-refractivity contribution is 7.10. The van der Waals surface area contributed by atoms with Crippen molar-refractivity contribution in [2.75, 3.05) is 0 Å². The van der Waals surface area contributed by atoms with Crippen LogP contribution in [0.3, 0.4) is 0 Å². The first kappa shape index (κ1) is 9.13. The molecule has 3 aromatic rings. The molecule has 1 N–H and O–H groups in total. The summed E-state index contributed by atoms with van der Waals surface area (Å²) in [7, 11) is 0. The van der Waals surface area contributed by atoms with Crippen LogP contribution in [0.5, 0.6) is 0 Å². The minimum Gasteiger partial charge on any atom is -0.277 e. The van der Waals surface area contributed by atoms with Crippen molar-refractivity contribution in [3.8, 4) is 22.5 Å². The van der Waals surface area contributed by atoms with Crippen molar-refractivity contribution in [2.45, 2.75) is 6.42 Å². The number of nitrogens with one attached hydrogen (secondary N) is 1. The van der Waals surface area contributed by atoms with Gasteiger partial charge >= 0.3 is 0 Å². The quantitative estimate of drug-likeness (QED) is 0.554. The Kier molecular flexibility index (Phi) is 1.76. The third-order valence-corrected chi connectivity index (χ3v) is 4.09. The highest BCUT2D eigenvalue weighted by Crippen LogP contribution is 2.42. The van der Waals surface area contributed by atoms with Crippen LogP contribution in [0.1, 0.15) is 10.4 Å². The molecule has 0 fully saturated rings. The Labute approximate surface area is 102 Å². The highest BCUT2D eigenvalue weighted by Gasteiger charge is 2.25. The molecule has 4 heteroatoms. The molecule has 1 aliphatic rings. The summed E-state index contributed by atoms with van der Waals surface area (Å²) in [6.07, 6.45) is 4.61. The van der Waals surface area contributed by atoms with Crippen molar-refractivity contribution < 1.29 is 0 Å². The fourth-order valence-electron chi connectivity index (χ4n) is 2.37. The fraction of sp³-hybridized carbons (Fsp3) is 0.0769. The maximum Gasteiger partial charge on any atom is 0.0964 e. The fourth-order valence-corrected chi connectivity index (χ4v) is 3.26. The molecular formula is C13H9N3S. The van der Waals surface area contributed by atoms with E-state index in [-0.39, 0.29) is 0 Å². The molecule has 0 amide bonds. The molecule has 0 radical (unpaired) electrons. The van der Waals surface area contributed by atoms with Crippen molar-refractivity contribution >= 4 is 11.3 Å². The molecule has 0 unspecified atom stereocenters. The molecule has 17 heavy (non-hydrogen) atoms. The van der Waals surface area contributed by atoms with Crippen molar-refractivity contribution in [3.05, 3.63) is 46.4 Å². The van der Waals surface area contributed by atoms with Gasteiger partial charge in [0.05, 0.1) is 11.4 Å². The average molecular weight is 239 g/mol. The largest absolute Gasteiger partial charge is 0.277 e. The van der Waals surface area contributed by atoms with E-state index in [0.29, 0.717) is 0 Å². The van der Waals surface area contributed by atoms with E-state index in [0.717, 1.165) is 17.7 Å². The molecule has 0 aromatic carbocycles. The smallest absolute Gasteiger partial charge is 0.0964 e. The molecule has 1 aliphatic carbocycles. The number of hydrogen-bond donors (Lipinski definition) is 1. The lowest BCUT2D eigenvalue weighted by Gasteiger charge is -1.98. The maximum absolute atomic E-state index is 4.44. The van der Waals surface area contributed by atoms with E-state index in [9.17, 15) is 0 Å². The van der Waals surface area contributed by atoms with Gasteiger partial charge in [-0.2, -0.15) is 5.10 Å². The van der Waals surface area contributed by atoms with E-state index in [4.69, 9.17) is 0 Å². The Morgan fingerprint density at radius 3 is 2.94 bits per heavy atom. The second-order valence-corrected chi connectivity index (χ2v) is 5.10. The number of aromatic amines is 1. The first-order valence-corrected chi connectivity index (χ1v) is 6.36. The Balaban J connectivity index is 1.91. The number of aromatic nitrogens is 3. The average Bonchev–Trinajstić information content (AvgIpc) is 3.00. The van der Waals surface area contributed by atoms with E-state index in [1.165, 1.54) is 21.7 Å². The summed E-state index contributed by atoms with van der Waals surface area (Å²) in [5, 5.41) is 9.74. The van der Waals surface area contributed by atoms with Gasteiger partial charge in [0.1, 0.15) is 0 Å². The van der Waals surface area contributed by atoms with Crippen LogP contribution in [-0.2, 0) is 6.42 Å². The Hall–Kier alpha value is -1.94. The summed E-state index contributed by atoms with van der Waals surface area (Å²) in [4.78, 5) is 5.48. The van der Waals surface area contributed by atoms with Crippen molar-refractivity contribution in [2.24, 2.45) is 0 Å². The van der Waals surface area contributed by atoms with Gasteiger partial charge in [-0.05, 0) is 23.6 Å². The number of rotatable bonds is 1. The summed E-state index contributed by atoms with van der Waals surface area (Å²) in [5.74, 6) is 0. The van der Waals surface area contributed by atoms with Gasteiger partial charge in [-0.3, -0.25) is 10.1 Å². The van der Waals surface area contributed by atoms with Crippen LogP contribution in [0.4, 0.5) is 0 Å². The van der Waals surface area contributed by atoms with E-state index in [1.54, 1.807) is 12.4 Å². The molecular weight excluding hydrogens is 230 g/mol. The normalized spacial score (nSPS) is 12.5. The van der Waals surface area contributed by atoms with Gasteiger partial charge in [0.25, 0.3) is 0 Å². The van der Waals surface area contributed by atoms with Crippen molar-refractivity contribution in [1.82, 2.24) is 15.2 Å². The van der Waals surface area contributed by atoms with Gasteiger partial charge < -0.3 is 0 Å². The summed E-state index contributed by atoms with van der Waals surface area (Å²) < 4.78 is 0. The minimum absolute atomic E-state index is 0.997. The number of H-pyrrole nitrogens is 1. The van der Waals surface area contributed by atoms with Crippen LogP contribution < -0.4 is 0 Å². The third kappa shape index (κ3) is 1.21. The number of fused-ring (bicyclic) bond motifs is 3. The summed E-state index contributed by atoms with van der Waals surface area (Å²) in [6, 6.07) is 6.17. The van der Waals surface area contributed by atoms with Crippen LogP contribution in [0, 0.1) is 0 Å². The monoisotopic (exact) mass is 239 g/mol. The topological polar surface area (TPSA) is 41.6 Å². The second kappa shape index (κ2) is 3.28. The first-order chi connectivity index (χ1) is 8.43. The Bertz CT molecular complexity index is 682. The third-order valence-electron chi connectivity index (χ3n) is 3.17. The lowest BCUT2D eigenvalue weighted by Crippen LogP contribution is -1.85. The summed E-state index contributed by atoms with van der Waals surface area (Å²) in [6.45, 7) is 0. The maximum atomic E-state index is 4.44. The second-order valence-electron chi connectivity index (χ2n) is 4.10. The van der Waals surface area contributed by atoms with Crippen molar-refractivity contribution in [1.29, 1.82) is 0 Å². The molecule has 0 bridgehead atoms. The molecule has 3 nitrogen and oxygen atoms in total. The molecule has 0 saturated carbocycles. The predicted octanol–water partition coefficient (Wildman–Crippen LogP) is 3.10. The molecule has 0 aliphatic heterocycles. The van der Waals surface area contributed by atoms with Crippen LogP contribution in [0.25, 0.3) is 22.5 Å². The summed E-state index contributed by atoms with van der Waals surface area (Å²) in [5.41, 5.74) is 6.02. The first-order valence-electron chi connectivity index (χ1n) is 5.48. The van der Waals surface area contributed by atoms with Crippen LogP contribution in [0.15, 0.2) is 36.0 Å². The zero-order chi connectivity index (χ0) is 11.2. The Morgan fingerprint density at radius 2 is 2.06 bits per heavy atom. The zero-order valence-electron chi connectivity index (χ0n) is 8.97. The lowest BCUT2D eigenvalue weighted by atomic mass is 10.1. The van der Waals surface area contributed by atoms with Gasteiger partial charge in [0.2, 0.25) is 0 Å². The molecule has 3 heterocycles. The molecule has 0 spiro atoms. The molecule has 4 rings (SSSR count). The van der Waals surface area contributed by atoms with Gasteiger partial charge in [0, 0.05) is 40.4 Å². The molecule has 82 valence electrons. The number of pyridine rings is 1. The highest BCUT2D eigenvalue weighted by atomic mass is 32.1. The van der Waals surface area contributed by atoms with Gasteiger partial charge in [0.15, 0.2) is 0 Å². The summed E-state index contributed by atoms with van der Waals surface area (Å²) >= 11 is 1.82. The van der Waals surface area contributed by atoms with Crippen LogP contribution in [-0.4, -0.2) is 15.2 Å². The van der Waals surface area contributed by atoms with Gasteiger partial charge in [-0.25, -0.2) is 0 Å². The van der Waals surface area contributed by atoms with Gasteiger partial charge in [-0.15, -0.1) is 11.3 Å². The predicted molar refractivity (Wildman–Crippen MR) is 67.9 cm³/mol. The number of hydrogen-bond acceptors (Lipinski definition) is 3. The standard InChI is InChI=1S/C13H9N3S/c1-4-14-5-2-8(1)12-10-7-11-9(3-6-17-11)13(10)16-15-12/h1-6H,7H2,(H,15,16). The zero-order valence-corrected chi connectivity index (χ0v) is 9.79. The molecule has 3 aromatic heterocycles.